The van der Waals surface area contributed by atoms with Gasteiger partial charge in [-0.05, 0) is 17.7 Å². The van der Waals surface area contributed by atoms with Crippen LogP contribution in [0.2, 0.25) is 0 Å². The zero-order valence-corrected chi connectivity index (χ0v) is 15.8. The Balaban J connectivity index is 2.15. The summed E-state index contributed by atoms with van der Waals surface area (Å²) in [5.41, 5.74) is 0.954. The van der Waals surface area contributed by atoms with E-state index in [1.807, 2.05) is 30.3 Å². The fraction of sp³-hybridized carbons (Fsp3) is 0.389. The molecular weight excluding hydrogens is 356 g/mol. The Hall–Kier alpha value is -2.16. The van der Waals surface area contributed by atoms with E-state index >= 15 is 0 Å². The predicted molar refractivity (Wildman–Crippen MR) is 97.7 cm³/mol. The summed E-state index contributed by atoms with van der Waals surface area (Å²) in [5, 5.41) is 0. The molecule has 0 N–H and O–H groups in total. The van der Waals surface area contributed by atoms with Crippen LogP contribution in [-0.2, 0) is 32.6 Å². The van der Waals surface area contributed by atoms with Crippen molar-refractivity contribution >= 4 is 15.9 Å². The van der Waals surface area contributed by atoms with Crippen molar-refractivity contribution in [2.75, 3.05) is 33.1 Å². The van der Waals surface area contributed by atoms with Crippen molar-refractivity contribution < 1.29 is 22.4 Å². The molecule has 2 aromatic rings. The Morgan fingerprint density at radius 1 is 1.12 bits per heavy atom. The number of carbonyl (C=O) groups is 1. The largest absolute Gasteiger partial charge is 0.467 e. The molecule has 142 valence electrons. The molecule has 0 aliphatic rings. The van der Waals surface area contributed by atoms with Gasteiger partial charge in [-0.3, -0.25) is 4.79 Å². The highest BCUT2D eigenvalue weighted by molar-refractivity contribution is 7.88. The molecule has 26 heavy (non-hydrogen) atoms. The lowest BCUT2D eigenvalue weighted by Gasteiger charge is -2.26. The summed E-state index contributed by atoms with van der Waals surface area (Å²) >= 11 is 0. The summed E-state index contributed by atoms with van der Waals surface area (Å²) in [7, 11) is -2.03. The van der Waals surface area contributed by atoms with Crippen molar-refractivity contribution in [2.24, 2.45) is 0 Å². The molecule has 0 saturated heterocycles. The standard InChI is InChI=1S/C18H24N2O5S/c1-24-12-10-20(26(2,22)23)15-18(21)19(14-17-9-6-11-25-17)13-16-7-4-3-5-8-16/h3-9,11H,10,12-15H2,1-2H3. The normalized spacial score (nSPS) is 11.7. The van der Waals surface area contributed by atoms with Gasteiger partial charge in [0, 0.05) is 20.2 Å². The van der Waals surface area contributed by atoms with E-state index in [0.29, 0.717) is 12.3 Å². The number of ether oxygens (including phenoxy) is 1. The second-order valence-electron chi connectivity index (χ2n) is 5.90. The molecule has 0 aliphatic heterocycles. The molecule has 0 radical (unpaired) electrons. The van der Waals surface area contributed by atoms with Gasteiger partial charge < -0.3 is 14.1 Å². The van der Waals surface area contributed by atoms with Gasteiger partial charge >= 0.3 is 0 Å². The van der Waals surface area contributed by atoms with Gasteiger partial charge in [0.15, 0.2) is 0 Å². The smallest absolute Gasteiger partial charge is 0.238 e. The first-order valence-corrected chi connectivity index (χ1v) is 10.0. The summed E-state index contributed by atoms with van der Waals surface area (Å²) < 4.78 is 35.3. The average Bonchev–Trinajstić information content (AvgIpc) is 3.11. The van der Waals surface area contributed by atoms with Crippen molar-refractivity contribution in [1.29, 1.82) is 0 Å². The number of nitrogens with zero attached hydrogens (tertiary/aromatic N) is 2. The van der Waals surface area contributed by atoms with E-state index < -0.39 is 10.0 Å². The van der Waals surface area contributed by atoms with Gasteiger partial charge in [-0.25, -0.2) is 8.42 Å². The first-order chi connectivity index (χ1) is 12.4. The van der Waals surface area contributed by atoms with E-state index in [9.17, 15) is 13.2 Å². The minimum Gasteiger partial charge on any atom is -0.467 e. The monoisotopic (exact) mass is 380 g/mol. The zero-order chi connectivity index (χ0) is 19.0. The number of hydrogen-bond acceptors (Lipinski definition) is 5. The van der Waals surface area contributed by atoms with E-state index in [2.05, 4.69) is 0 Å². The van der Waals surface area contributed by atoms with Gasteiger partial charge in [-0.1, -0.05) is 30.3 Å². The van der Waals surface area contributed by atoms with E-state index in [1.54, 1.807) is 23.3 Å². The molecule has 1 amide bonds. The minimum atomic E-state index is -3.52. The third-order valence-electron chi connectivity index (χ3n) is 3.82. The Kier molecular flexibility index (Phi) is 7.38. The third kappa shape index (κ3) is 6.29. The zero-order valence-electron chi connectivity index (χ0n) is 15.0. The van der Waals surface area contributed by atoms with Crippen LogP contribution in [0, 0.1) is 0 Å². The number of carbonyl (C=O) groups excluding carboxylic acids is 1. The Bertz CT molecular complexity index is 775. The number of amides is 1. The molecule has 0 bridgehead atoms. The Labute approximate surface area is 154 Å². The van der Waals surface area contributed by atoms with Crippen LogP contribution in [0.1, 0.15) is 11.3 Å². The molecule has 0 aliphatic carbocycles. The molecule has 0 unspecified atom stereocenters. The van der Waals surface area contributed by atoms with Crippen LogP contribution < -0.4 is 0 Å². The summed E-state index contributed by atoms with van der Waals surface area (Å²) in [5.74, 6) is 0.337. The molecule has 0 fully saturated rings. The van der Waals surface area contributed by atoms with Crippen LogP contribution in [0.5, 0.6) is 0 Å². The summed E-state index contributed by atoms with van der Waals surface area (Å²) in [6.45, 7) is 0.735. The maximum atomic E-state index is 12.8. The summed E-state index contributed by atoms with van der Waals surface area (Å²) in [6.07, 6.45) is 2.63. The topological polar surface area (TPSA) is 80.1 Å². The van der Waals surface area contributed by atoms with Crippen molar-refractivity contribution in [3.05, 3.63) is 60.1 Å². The van der Waals surface area contributed by atoms with Crippen molar-refractivity contribution in [3.63, 3.8) is 0 Å². The van der Waals surface area contributed by atoms with E-state index in [4.69, 9.17) is 9.15 Å². The molecule has 7 nitrogen and oxygen atoms in total. The second-order valence-corrected chi connectivity index (χ2v) is 7.89. The number of rotatable bonds is 10. The molecule has 1 heterocycles. The molecule has 0 spiro atoms. The van der Waals surface area contributed by atoms with Crippen molar-refractivity contribution in [3.8, 4) is 0 Å². The lowest BCUT2D eigenvalue weighted by Crippen LogP contribution is -2.43. The van der Waals surface area contributed by atoms with Crippen LogP contribution in [0.15, 0.2) is 53.1 Å². The van der Waals surface area contributed by atoms with Crippen LogP contribution >= 0.6 is 0 Å². The number of hydrogen-bond donors (Lipinski definition) is 0. The Morgan fingerprint density at radius 2 is 1.85 bits per heavy atom. The summed E-state index contributed by atoms with van der Waals surface area (Å²) in [4.78, 5) is 14.4. The number of sulfonamides is 1. The van der Waals surface area contributed by atoms with E-state index in [-0.39, 0.29) is 32.1 Å². The number of methoxy groups -OCH3 is 1. The summed E-state index contributed by atoms with van der Waals surface area (Å²) in [6, 6.07) is 13.1. The maximum absolute atomic E-state index is 12.8. The van der Waals surface area contributed by atoms with Gasteiger partial charge in [-0.15, -0.1) is 0 Å². The lowest BCUT2D eigenvalue weighted by molar-refractivity contribution is -0.133. The number of benzene rings is 1. The van der Waals surface area contributed by atoms with E-state index in [1.165, 1.54) is 7.11 Å². The molecular formula is C18H24N2O5S. The van der Waals surface area contributed by atoms with Gasteiger partial charge in [0.05, 0.1) is 32.2 Å². The quantitative estimate of drug-likeness (QED) is 0.627. The molecule has 1 aromatic heterocycles. The minimum absolute atomic E-state index is 0.126. The van der Waals surface area contributed by atoms with E-state index in [0.717, 1.165) is 16.1 Å². The van der Waals surface area contributed by atoms with Crippen molar-refractivity contribution in [1.82, 2.24) is 9.21 Å². The van der Waals surface area contributed by atoms with Crippen LogP contribution in [0.3, 0.4) is 0 Å². The van der Waals surface area contributed by atoms with Gasteiger partial charge in [0.2, 0.25) is 15.9 Å². The first-order valence-electron chi connectivity index (χ1n) is 8.18. The molecule has 0 saturated carbocycles. The fourth-order valence-electron chi connectivity index (χ4n) is 2.43. The first kappa shape index (κ1) is 20.2. The number of furan rings is 1. The lowest BCUT2D eigenvalue weighted by atomic mass is 10.2. The second kappa shape index (κ2) is 9.51. The van der Waals surface area contributed by atoms with Crippen molar-refractivity contribution in [2.45, 2.75) is 13.1 Å². The molecule has 8 heteroatoms. The highest BCUT2D eigenvalue weighted by atomic mass is 32.2. The van der Waals surface area contributed by atoms with Crippen LogP contribution in [-0.4, -0.2) is 56.6 Å². The van der Waals surface area contributed by atoms with Crippen LogP contribution in [0.25, 0.3) is 0 Å². The highest BCUT2D eigenvalue weighted by Crippen LogP contribution is 2.12. The fourth-order valence-corrected chi connectivity index (χ4v) is 3.18. The average molecular weight is 380 g/mol. The SMILES string of the molecule is COCCN(CC(=O)N(Cc1ccccc1)Cc1ccco1)S(C)(=O)=O. The third-order valence-corrected chi connectivity index (χ3v) is 5.07. The van der Waals surface area contributed by atoms with Gasteiger partial charge in [0.25, 0.3) is 0 Å². The van der Waals surface area contributed by atoms with Crippen LogP contribution in [0.4, 0.5) is 0 Å². The predicted octanol–water partition coefficient (Wildman–Crippen LogP) is 1.72. The van der Waals surface area contributed by atoms with Gasteiger partial charge in [-0.2, -0.15) is 4.31 Å². The Morgan fingerprint density at radius 3 is 2.42 bits per heavy atom. The molecule has 2 rings (SSSR count). The highest BCUT2D eigenvalue weighted by Gasteiger charge is 2.24. The molecule has 0 atom stereocenters. The maximum Gasteiger partial charge on any atom is 0.238 e. The van der Waals surface area contributed by atoms with Gasteiger partial charge in [0.1, 0.15) is 5.76 Å². The molecule has 1 aromatic carbocycles.